The molecule has 36 valence electrons. The molecule has 1 heterocycles. The van der Waals surface area contributed by atoms with E-state index in [0.29, 0.717) is 0 Å². The van der Waals surface area contributed by atoms with Crippen LogP contribution in [0.4, 0.5) is 0 Å². The SMILES string of the molecule is OB1C=CC(Br)=C1. The third kappa shape index (κ3) is 1.18. The van der Waals surface area contributed by atoms with Gasteiger partial charge in [0, 0.05) is 4.48 Å². The van der Waals surface area contributed by atoms with Gasteiger partial charge in [-0.1, -0.05) is 34.0 Å². The molecule has 0 amide bonds. The van der Waals surface area contributed by atoms with Crippen LogP contribution in [0.1, 0.15) is 0 Å². The molecule has 0 saturated carbocycles. The molecular weight excluding hydrogens is 155 g/mol. The van der Waals surface area contributed by atoms with E-state index in [9.17, 15) is 0 Å². The second-order valence-corrected chi connectivity index (χ2v) is 2.32. The first-order valence-corrected chi connectivity index (χ1v) is 2.82. The number of hydrogen-bond acceptors (Lipinski definition) is 1. The van der Waals surface area contributed by atoms with Gasteiger partial charge >= 0.3 is 6.92 Å². The lowest BCUT2D eigenvalue weighted by Crippen LogP contribution is -1.98. The molecule has 0 unspecified atom stereocenters. The predicted octanol–water partition coefficient (Wildman–Crippen LogP) is 0.897. The highest BCUT2D eigenvalue weighted by Crippen LogP contribution is 2.12. The highest BCUT2D eigenvalue weighted by atomic mass is 79.9. The van der Waals surface area contributed by atoms with E-state index in [0.717, 1.165) is 4.48 Å². The molecule has 1 aliphatic rings. The van der Waals surface area contributed by atoms with E-state index in [2.05, 4.69) is 15.9 Å². The van der Waals surface area contributed by atoms with Crippen LogP contribution in [-0.2, 0) is 0 Å². The van der Waals surface area contributed by atoms with Crippen molar-refractivity contribution in [3.63, 3.8) is 0 Å². The summed E-state index contributed by atoms with van der Waals surface area (Å²) in [5.74, 6) is 3.43. The van der Waals surface area contributed by atoms with Gasteiger partial charge in [-0.05, 0) is 0 Å². The fourth-order valence-electron chi connectivity index (χ4n) is 0.465. The average Bonchev–Trinajstić information content (AvgIpc) is 1.87. The standard InChI is InChI=1S/C4H4BBrO/c6-4-1-2-5(7)3-4/h1-3,7H. The van der Waals surface area contributed by atoms with E-state index in [1.807, 2.05) is 6.08 Å². The van der Waals surface area contributed by atoms with Crippen molar-refractivity contribution >= 4 is 22.8 Å². The van der Waals surface area contributed by atoms with Crippen molar-refractivity contribution in [2.75, 3.05) is 0 Å². The van der Waals surface area contributed by atoms with E-state index in [1.54, 1.807) is 12.0 Å². The fourth-order valence-corrected chi connectivity index (χ4v) is 0.888. The fraction of sp³-hybridized carbons (Fsp3) is 0. The van der Waals surface area contributed by atoms with Gasteiger partial charge in [0.2, 0.25) is 0 Å². The highest BCUT2D eigenvalue weighted by Gasteiger charge is 2.06. The molecule has 3 heteroatoms. The van der Waals surface area contributed by atoms with Crippen molar-refractivity contribution in [2.24, 2.45) is 0 Å². The zero-order valence-corrected chi connectivity index (χ0v) is 5.22. The summed E-state index contributed by atoms with van der Waals surface area (Å²) < 4.78 is 0.958. The van der Waals surface area contributed by atoms with Crippen LogP contribution in [0.15, 0.2) is 22.5 Å². The van der Waals surface area contributed by atoms with E-state index < -0.39 is 0 Å². The summed E-state index contributed by atoms with van der Waals surface area (Å²) in [6.07, 6.45) is 1.82. The third-order valence-corrected chi connectivity index (χ3v) is 1.31. The van der Waals surface area contributed by atoms with Gasteiger partial charge in [0.15, 0.2) is 0 Å². The van der Waals surface area contributed by atoms with E-state index in [4.69, 9.17) is 5.02 Å². The van der Waals surface area contributed by atoms with Crippen molar-refractivity contribution in [1.29, 1.82) is 0 Å². The summed E-state index contributed by atoms with van der Waals surface area (Å²) in [4.78, 5) is 0. The molecule has 7 heavy (non-hydrogen) atoms. The van der Waals surface area contributed by atoms with Crippen molar-refractivity contribution in [2.45, 2.75) is 0 Å². The first-order valence-electron chi connectivity index (χ1n) is 2.02. The van der Waals surface area contributed by atoms with E-state index >= 15 is 0 Å². The lowest BCUT2D eigenvalue weighted by Gasteiger charge is -1.77. The highest BCUT2D eigenvalue weighted by molar-refractivity contribution is 9.12. The van der Waals surface area contributed by atoms with Gasteiger partial charge in [0.05, 0.1) is 0 Å². The zero-order valence-electron chi connectivity index (χ0n) is 3.63. The molecule has 0 bridgehead atoms. The molecular formula is C4H4BBrO. The molecule has 1 rings (SSSR count). The van der Waals surface area contributed by atoms with Gasteiger partial charge in [-0.2, -0.15) is 0 Å². The van der Waals surface area contributed by atoms with Crippen LogP contribution in [0.3, 0.4) is 0 Å². The molecule has 0 aliphatic carbocycles. The van der Waals surface area contributed by atoms with Crippen molar-refractivity contribution < 1.29 is 5.02 Å². The second-order valence-electron chi connectivity index (χ2n) is 1.40. The summed E-state index contributed by atoms with van der Waals surface area (Å²) >= 11 is 3.19. The third-order valence-electron chi connectivity index (χ3n) is 0.783. The Morgan fingerprint density at radius 3 is 2.57 bits per heavy atom. The van der Waals surface area contributed by atoms with Crippen LogP contribution < -0.4 is 0 Å². The topological polar surface area (TPSA) is 20.2 Å². The van der Waals surface area contributed by atoms with Crippen LogP contribution in [0.25, 0.3) is 0 Å². The Hall–Kier alpha value is -0.0151. The van der Waals surface area contributed by atoms with Crippen molar-refractivity contribution in [3.8, 4) is 0 Å². The van der Waals surface area contributed by atoms with Gasteiger partial charge in [-0.25, -0.2) is 0 Å². The maximum absolute atomic E-state index is 8.71. The molecule has 0 aromatic carbocycles. The van der Waals surface area contributed by atoms with Gasteiger partial charge in [0.25, 0.3) is 0 Å². The minimum absolute atomic E-state index is 0.366. The Balaban J connectivity index is 2.69. The predicted molar refractivity (Wildman–Crippen MR) is 34.1 cm³/mol. The Morgan fingerprint density at radius 2 is 2.43 bits per heavy atom. The minimum atomic E-state index is -0.366. The van der Waals surface area contributed by atoms with Gasteiger partial charge in [-0.3, -0.25) is 0 Å². The molecule has 0 fully saturated rings. The van der Waals surface area contributed by atoms with Crippen LogP contribution >= 0.6 is 15.9 Å². The van der Waals surface area contributed by atoms with Gasteiger partial charge in [0.1, 0.15) is 0 Å². The maximum atomic E-state index is 8.71. The zero-order chi connectivity index (χ0) is 5.28. The molecule has 0 radical (unpaired) electrons. The number of hydrogen-bond donors (Lipinski definition) is 1. The molecule has 0 saturated heterocycles. The molecule has 1 nitrogen and oxygen atoms in total. The Labute approximate surface area is 51.0 Å². The molecule has 0 aromatic heterocycles. The smallest absolute Gasteiger partial charge is 0.344 e. The van der Waals surface area contributed by atoms with Gasteiger partial charge < -0.3 is 5.02 Å². The van der Waals surface area contributed by atoms with Crippen molar-refractivity contribution in [3.05, 3.63) is 22.5 Å². The maximum Gasteiger partial charge on any atom is 0.344 e. The number of allylic oxidation sites excluding steroid dienone is 2. The second kappa shape index (κ2) is 1.84. The summed E-state index contributed by atoms with van der Waals surface area (Å²) in [5.41, 5.74) is 0. The Bertz CT molecular complexity index is 130. The molecule has 0 spiro atoms. The molecule has 1 N–H and O–H groups in total. The minimum Gasteiger partial charge on any atom is -0.443 e. The van der Waals surface area contributed by atoms with Crippen LogP contribution in [0.5, 0.6) is 0 Å². The van der Waals surface area contributed by atoms with E-state index in [-0.39, 0.29) is 6.92 Å². The molecule has 0 atom stereocenters. The summed E-state index contributed by atoms with van der Waals surface area (Å²) in [5, 5.41) is 8.71. The quantitative estimate of drug-likeness (QED) is 0.520. The first kappa shape index (κ1) is 5.13. The lowest BCUT2D eigenvalue weighted by atomic mass is 9.72. The normalized spacial score (nSPS) is 18.0. The summed E-state index contributed by atoms with van der Waals surface area (Å²) in [7, 11) is 0. The Kier molecular flexibility index (Phi) is 1.35. The molecule has 0 aromatic rings. The average molecular weight is 159 g/mol. The summed E-state index contributed by atoms with van der Waals surface area (Å²) in [6.45, 7) is -0.366. The van der Waals surface area contributed by atoms with Gasteiger partial charge in [-0.15, -0.1) is 0 Å². The molecule has 1 aliphatic heterocycles. The van der Waals surface area contributed by atoms with E-state index in [1.165, 1.54) is 0 Å². The Morgan fingerprint density at radius 1 is 1.71 bits per heavy atom. The largest absolute Gasteiger partial charge is 0.443 e. The number of halogens is 1. The number of rotatable bonds is 0. The van der Waals surface area contributed by atoms with Crippen LogP contribution in [0.2, 0.25) is 0 Å². The van der Waals surface area contributed by atoms with Crippen molar-refractivity contribution in [1.82, 2.24) is 0 Å². The monoisotopic (exact) mass is 158 g/mol. The van der Waals surface area contributed by atoms with Crippen LogP contribution in [0, 0.1) is 0 Å². The summed E-state index contributed by atoms with van der Waals surface area (Å²) in [6, 6.07) is 0. The van der Waals surface area contributed by atoms with Crippen LogP contribution in [-0.4, -0.2) is 11.9 Å². The lowest BCUT2D eigenvalue weighted by molar-refractivity contribution is 0.599. The first-order chi connectivity index (χ1) is 3.29.